The summed E-state index contributed by atoms with van der Waals surface area (Å²) in [5, 5.41) is 12.3. The van der Waals surface area contributed by atoms with Gasteiger partial charge in [-0.2, -0.15) is 8.42 Å². The second-order valence-corrected chi connectivity index (χ2v) is 26.4. The highest BCUT2D eigenvalue weighted by atomic mass is 35.5. The Hall–Kier alpha value is -4.57. The van der Waals surface area contributed by atoms with E-state index in [1.807, 2.05) is 45.2 Å². The molecule has 92 heavy (non-hydrogen) atoms. The zero-order chi connectivity index (χ0) is 66.7. The lowest BCUT2D eigenvalue weighted by Gasteiger charge is -2.41. The second-order valence-electron chi connectivity index (χ2n) is 24.1. The summed E-state index contributed by atoms with van der Waals surface area (Å²) in [6.07, 6.45) is 5.85. The lowest BCUT2D eigenvalue weighted by atomic mass is 10.0. The van der Waals surface area contributed by atoms with Gasteiger partial charge in [0.2, 0.25) is 10.4 Å². The number of aromatic nitrogens is 1. The zero-order valence-corrected chi connectivity index (χ0v) is 58.9. The highest BCUT2D eigenvalue weighted by molar-refractivity contribution is 7.81. The number of carbonyl (C=O) groups is 1. The van der Waals surface area contributed by atoms with E-state index >= 15 is 0 Å². The molecule has 23 heteroatoms. The number of hydrogen-bond acceptors (Lipinski definition) is 16. The van der Waals surface area contributed by atoms with Gasteiger partial charge < -0.3 is 55.3 Å². The molecular formula is C69H106BClN5O14S2+. The van der Waals surface area contributed by atoms with Crippen LogP contribution >= 0.6 is 0 Å². The van der Waals surface area contributed by atoms with Crippen molar-refractivity contribution >= 4 is 35.1 Å². The summed E-state index contributed by atoms with van der Waals surface area (Å²) in [5.74, 6) is 0. The molecule has 5 saturated heterocycles. The predicted molar refractivity (Wildman–Crippen MR) is 357 cm³/mol. The molecule has 0 spiro atoms. The van der Waals surface area contributed by atoms with Gasteiger partial charge >= 0.3 is 18.4 Å². The van der Waals surface area contributed by atoms with Crippen LogP contribution in [0.4, 0.5) is 0 Å². The molecule has 2 N–H and O–H groups in total. The van der Waals surface area contributed by atoms with E-state index < -0.39 is 20.8 Å². The largest absolute Gasteiger partial charge is 1.00 e. The van der Waals surface area contributed by atoms with E-state index in [-0.39, 0.29) is 38.8 Å². The maximum absolute atomic E-state index is 10.5. The lowest BCUT2D eigenvalue weighted by molar-refractivity contribution is -0.947. The fourth-order valence-electron chi connectivity index (χ4n) is 10.6. The van der Waals surface area contributed by atoms with Gasteiger partial charge in [-0.25, -0.2) is 16.8 Å². The Labute approximate surface area is 559 Å². The van der Waals surface area contributed by atoms with Crippen molar-refractivity contribution in [2.75, 3.05) is 145 Å². The minimum absolute atomic E-state index is 0. The number of pyridine rings is 1. The quantitative estimate of drug-likeness (QED) is 0.0338. The van der Waals surface area contributed by atoms with Crippen molar-refractivity contribution < 1.29 is 88.6 Å². The number of carbonyl (C=O) groups excluding carboxylic acids is 1. The molecule has 0 atom stereocenters. The number of aliphatic hydroxyl groups excluding tert-OH is 1. The van der Waals surface area contributed by atoms with Crippen LogP contribution in [0.3, 0.4) is 0 Å². The van der Waals surface area contributed by atoms with E-state index in [9.17, 15) is 26.2 Å². The number of halogens is 1. The van der Waals surface area contributed by atoms with Crippen molar-refractivity contribution in [2.24, 2.45) is 0 Å². The van der Waals surface area contributed by atoms with E-state index in [2.05, 4.69) is 138 Å². The Bertz CT molecular complexity index is 3140. The zero-order valence-electron chi connectivity index (χ0n) is 56.6. The first-order valence-corrected chi connectivity index (χ1v) is 34.7. The molecule has 10 rings (SSSR count). The Morgan fingerprint density at radius 3 is 1.46 bits per heavy atom. The summed E-state index contributed by atoms with van der Waals surface area (Å²) in [5.41, 5.74) is 17.6. The molecule has 0 unspecified atom stereocenters. The SMILES string of the molecule is C1COCCN1.Cc1ccc(C=O)cc1C.Cc1ccc(CN2CCOCC2)cc1C.Cc1ccc(C[N+]2(CCCO)CCOCC2)cc1C.Cc1ccc(C[N+]2(CCCOS(=O)(=O)[O-])CCOCC2)cc1C.O=S1(=O)OCCCO1.[B][n+]1cc(C)ccc1CC.[Cl-]. The smallest absolute Gasteiger partial charge is 0.586 e. The average molecular weight is 1340 g/mol. The Kier molecular flexibility index (Phi) is 38.6. The van der Waals surface area contributed by atoms with Crippen LogP contribution in [-0.4, -0.2) is 199 Å². The van der Waals surface area contributed by atoms with E-state index in [0.717, 1.165) is 164 Å². The fraction of sp³-hybridized carbons (Fsp3) is 0.565. The Morgan fingerprint density at radius 1 is 0.620 bits per heavy atom. The first kappa shape index (κ1) is 81.7. The summed E-state index contributed by atoms with van der Waals surface area (Å²) in [7, 11) is -2.53. The molecular weight excluding hydrogens is 1230 g/mol. The molecule has 0 bridgehead atoms. The van der Waals surface area contributed by atoms with Crippen LogP contribution < -0.4 is 22.2 Å². The maximum atomic E-state index is 10.5. The van der Waals surface area contributed by atoms with Gasteiger partial charge in [0.1, 0.15) is 51.8 Å². The molecule has 0 aliphatic carbocycles. The molecule has 512 valence electrons. The van der Waals surface area contributed by atoms with E-state index in [1.54, 1.807) is 4.48 Å². The number of hydrogen-bond donors (Lipinski definition) is 2. The summed E-state index contributed by atoms with van der Waals surface area (Å²) >= 11 is 0. The van der Waals surface area contributed by atoms with E-state index in [1.165, 1.54) is 66.8 Å². The number of benzene rings is 4. The summed E-state index contributed by atoms with van der Waals surface area (Å²) in [6, 6.07) is 29.8. The van der Waals surface area contributed by atoms with Gasteiger partial charge in [0.05, 0.1) is 85.8 Å². The standard InChI is InChI=1S/C16H25NO5S.C16H26NO2.C13H19NO.C9H10O.C8H11BN.C4H9NO.C3H6O4S.ClH/c1-14-4-5-16(12-15(14)2)13-17(7-10-21-11-8-17)6-3-9-22-23(18,19)20;1-14-4-5-16(12-15(14)2)13-17(6-3-9-18)7-10-19-11-8-17;1-11-3-4-13(9-12(11)2)10-14-5-7-15-8-6-14;1-7-3-4-9(6-10)5-8(7)2;1-3-8-5-4-7(2)6-10(8)9;1-3-6-4-2-5-1;4-8(5)6-2-1-3-7-8;/h4-5,12H,3,6-11,13H2,1-2H3;4-5,12,18H,3,6-11,13H2,1-2H3;3-4,9H,5-8,10H2,1-2H3;3-6H,1-2H3;4-6H,3H2,1-2H3;5H,1-4H2;1-3H2;1H/q;+1;;;+1;;;/p-1. The third kappa shape index (κ3) is 32.7. The molecule has 5 aliphatic rings. The highest BCUT2D eigenvalue weighted by Crippen LogP contribution is 2.23. The van der Waals surface area contributed by atoms with Gasteiger partial charge in [-0.15, -0.1) is 0 Å². The van der Waals surface area contributed by atoms with Gasteiger partial charge in [-0.1, -0.05) is 73.7 Å². The summed E-state index contributed by atoms with van der Waals surface area (Å²) in [6.45, 7) is 41.3. The van der Waals surface area contributed by atoms with Crippen LogP contribution in [0.5, 0.6) is 0 Å². The third-order valence-electron chi connectivity index (χ3n) is 16.7. The number of rotatable bonds is 16. The number of ether oxygens (including phenoxy) is 4. The van der Waals surface area contributed by atoms with Crippen molar-refractivity contribution in [2.45, 2.75) is 115 Å². The number of aldehydes is 1. The van der Waals surface area contributed by atoms with Crippen LogP contribution in [-0.2, 0) is 78.3 Å². The molecule has 0 amide bonds. The second kappa shape index (κ2) is 43.5. The van der Waals surface area contributed by atoms with Gasteiger partial charge in [0.25, 0.3) is 0 Å². The average Bonchev–Trinajstić information content (AvgIpc) is 1.15. The van der Waals surface area contributed by atoms with Crippen molar-refractivity contribution in [3.05, 3.63) is 169 Å². The minimum Gasteiger partial charge on any atom is -1.00 e. The number of quaternary nitrogens is 2. The molecule has 5 aliphatic heterocycles. The van der Waals surface area contributed by atoms with Crippen LogP contribution in [0.2, 0.25) is 0 Å². The van der Waals surface area contributed by atoms with Gasteiger partial charge in [-0.3, -0.25) is 18.4 Å². The van der Waals surface area contributed by atoms with E-state index in [0.29, 0.717) is 26.1 Å². The van der Waals surface area contributed by atoms with Crippen molar-refractivity contribution in [1.82, 2.24) is 10.2 Å². The van der Waals surface area contributed by atoms with Crippen LogP contribution in [0.15, 0.2) is 91.1 Å². The molecule has 4 aromatic carbocycles. The van der Waals surface area contributed by atoms with Crippen molar-refractivity contribution in [3.63, 3.8) is 0 Å². The first-order chi connectivity index (χ1) is 43.4. The molecule has 2 radical (unpaired) electrons. The number of aliphatic hydroxyl groups is 1. The van der Waals surface area contributed by atoms with Crippen LogP contribution in [0.1, 0.15) is 109 Å². The Morgan fingerprint density at radius 2 is 1.07 bits per heavy atom. The number of aryl methyl sites for hydroxylation is 10. The molecule has 5 aromatic rings. The molecule has 19 nitrogen and oxygen atoms in total. The van der Waals surface area contributed by atoms with Crippen LogP contribution in [0.25, 0.3) is 0 Å². The minimum atomic E-state index is -4.60. The molecule has 6 heterocycles. The maximum Gasteiger partial charge on any atom is 0.586 e. The topological polar surface area (TPSA) is 212 Å². The highest BCUT2D eigenvalue weighted by Gasteiger charge is 2.32. The first-order valence-electron chi connectivity index (χ1n) is 32.0. The van der Waals surface area contributed by atoms with Gasteiger partial charge in [0.15, 0.2) is 5.69 Å². The number of morpholine rings is 4. The van der Waals surface area contributed by atoms with E-state index in [4.69, 9.17) is 32.0 Å². The monoisotopic (exact) mass is 1340 g/mol. The third-order valence-corrected chi connectivity index (χ3v) is 18.1. The molecule has 0 saturated carbocycles. The normalized spacial score (nSPS) is 17.3. The lowest BCUT2D eigenvalue weighted by Crippen LogP contribution is -3.00. The van der Waals surface area contributed by atoms with Gasteiger partial charge in [0, 0.05) is 86.9 Å². The predicted octanol–water partition coefficient (Wildman–Crippen LogP) is 4.86. The number of nitrogens with one attached hydrogen (secondary N) is 1. The molecule has 5 fully saturated rings. The molecule has 1 aromatic heterocycles. The van der Waals surface area contributed by atoms with Crippen molar-refractivity contribution in [3.8, 4) is 0 Å². The van der Waals surface area contributed by atoms with Gasteiger partial charge in [-0.05, 0) is 131 Å². The summed E-state index contributed by atoms with van der Waals surface area (Å²) in [4.78, 5) is 12.7. The van der Waals surface area contributed by atoms with Crippen molar-refractivity contribution in [1.29, 1.82) is 0 Å². The Balaban J connectivity index is 0.000000291. The fourth-order valence-corrected chi connectivity index (χ4v) is 11.6. The van der Waals surface area contributed by atoms with Crippen LogP contribution in [0, 0.1) is 62.3 Å². The number of nitrogens with zero attached hydrogens (tertiary/aromatic N) is 4. The summed E-state index contributed by atoms with van der Waals surface area (Å²) < 4.78 is 89.6.